The minimum atomic E-state index is -0.466. The monoisotopic (exact) mass is 250 g/mol. The molecule has 4 heteroatoms. The Labute approximate surface area is 107 Å². The number of rotatable bonds is 6. The van der Waals surface area contributed by atoms with Crippen LogP contribution in [0.25, 0.3) is 0 Å². The zero-order valence-corrected chi connectivity index (χ0v) is 10.7. The molecule has 1 aliphatic rings. The molecule has 1 aromatic carbocycles. The zero-order chi connectivity index (χ0) is 13.0. The molecular weight excluding hydrogens is 232 g/mol. The van der Waals surface area contributed by atoms with E-state index in [9.17, 15) is 4.79 Å². The normalized spacial score (nSPS) is 14.6. The van der Waals surface area contributed by atoms with E-state index in [1.165, 1.54) is 12.8 Å². The molecule has 0 atom stereocenters. The molecule has 0 amide bonds. The van der Waals surface area contributed by atoms with E-state index in [0.29, 0.717) is 18.1 Å². The van der Waals surface area contributed by atoms with Crippen molar-refractivity contribution < 1.29 is 19.3 Å². The van der Waals surface area contributed by atoms with Crippen molar-refractivity contribution in [2.75, 3.05) is 6.61 Å². The van der Waals surface area contributed by atoms with E-state index < -0.39 is 5.97 Å². The number of ether oxygens (including phenoxy) is 1. The largest absolute Gasteiger partial charge is 0.491 e. The van der Waals surface area contributed by atoms with Crippen molar-refractivity contribution in [3.8, 4) is 5.75 Å². The Kier molecular flexibility index (Phi) is 4.20. The SMILES string of the molecule is CC(C)Oc1ccc(C(=O)OOCC2CC2)cc1. The fourth-order valence-corrected chi connectivity index (χ4v) is 1.46. The Morgan fingerprint density at radius 1 is 1.28 bits per heavy atom. The van der Waals surface area contributed by atoms with Crippen LogP contribution >= 0.6 is 0 Å². The standard InChI is InChI=1S/C14H18O4/c1-10(2)17-13-7-5-12(6-8-13)14(15)18-16-9-11-3-4-11/h5-8,10-11H,3-4,9H2,1-2H3. The third kappa shape index (κ3) is 4.04. The Morgan fingerprint density at radius 2 is 1.94 bits per heavy atom. The minimum absolute atomic E-state index is 0.115. The lowest BCUT2D eigenvalue weighted by Crippen LogP contribution is -2.08. The molecule has 1 aromatic rings. The van der Waals surface area contributed by atoms with E-state index >= 15 is 0 Å². The lowest BCUT2D eigenvalue weighted by molar-refractivity contribution is -0.243. The fraction of sp³-hybridized carbons (Fsp3) is 0.500. The zero-order valence-electron chi connectivity index (χ0n) is 10.7. The van der Waals surface area contributed by atoms with Crippen LogP contribution in [-0.4, -0.2) is 18.7 Å². The van der Waals surface area contributed by atoms with Crippen LogP contribution in [-0.2, 0) is 9.78 Å². The van der Waals surface area contributed by atoms with Crippen LogP contribution in [0.2, 0.25) is 0 Å². The maximum Gasteiger partial charge on any atom is 0.373 e. The van der Waals surface area contributed by atoms with E-state index in [2.05, 4.69) is 0 Å². The molecule has 18 heavy (non-hydrogen) atoms. The molecule has 0 N–H and O–H groups in total. The van der Waals surface area contributed by atoms with Crippen molar-refractivity contribution in [2.45, 2.75) is 32.8 Å². The first-order valence-corrected chi connectivity index (χ1v) is 6.25. The highest BCUT2D eigenvalue weighted by atomic mass is 17.2. The van der Waals surface area contributed by atoms with Gasteiger partial charge in [0, 0.05) is 0 Å². The predicted molar refractivity (Wildman–Crippen MR) is 66.3 cm³/mol. The summed E-state index contributed by atoms with van der Waals surface area (Å²) in [7, 11) is 0. The second kappa shape index (κ2) is 5.87. The second-order valence-corrected chi connectivity index (χ2v) is 4.79. The number of carbonyl (C=O) groups is 1. The van der Waals surface area contributed by atoms with E-state index in [-0.39, 0.29) is 6.10 Å². The van der Waals surface area contributed by atoms with Gasteiger partial charge in [0.2, 0.25) is 0 Å². The summed E-state index contributed by atoms with van der Waals surface area (Å²) >= 11 is 0. The Bertz CT molecular complexity index is 393. The van der Waals surface area contributed by atoms with Gasteiger partial charge in [0.25, 0.3) is 0 Å². The van der Waals surface area contributed by atoms with Crippen LogP contribution in [0.4, 0.5) is 0 Å². The molecule has 1 fully saturated rings. The first-order valence-electron chi connectivity index (χ1n) is 6.25. The molecule has 0 spiro atoms. The van der Waals surface area contributed by atoms with Crippen molar-refractivity contribution in [3.63, 3.8) is 0 Å². The van der Waals surface area contributed by atoms with Gasteiger partial charge in [-0.05, 0) is 56.9 Å². The third-order valence-electron chi connectivity index (χ3n) is 2.60. The first-order chi connectivity index (χ1) is 8.65. The molecule has 0 saturated heterocycles. The number of benzene rings is 1. The van der Waals surface area contributed by atoms with Crippen molar-refractivity contribution in [1.82, 2.24) is 0 Å². The molecule has 0 radical (unpaired) electrons. The smallest absolute Gasteiger partial charge is 0.373 e. The molecule has 0 heterocycles. The summed E-state index contributed by atoms with van der Waals surface area (Å²) in [5, 5.41) is 0. The summed E-state index contributed by atoms with van der Waals surface area (Å²) in [5.74, 6) is 0.840. The summed E-state index contributed by atoms with van der Waals surface area (Å²) in [5.41, 5.74) is 0.460. The molecule has 1 saturated carbocycles. The number of carbonyl (C=O) groups excluding carboxylic acids is 1. The maximum absolute atomic E-state index is 11.6. The van der Waals surface area contributed by atoms with E-state index in [1.54, 1.807) is 24.3 Å². The lowest BCUT2D eigenvalue weighted by atomic mass is 10.2. The number of hydrogen-bond acceptors (Lipinski definition) is 4. The Morgan fingerprint density at radius 3 is 2.50 bits per heavy atom. The van der Waals surface area contributed by atoms with Crippen molar-refractivity contribution in [1.29, 1.82) is 0 Å². The van der Waals surface area contributed by atoms with E-state index in [4.69, 9.17) is 14.5 Å². The Hall–Kier alpha value is -1.55. The van der Waals surface area contributed by atoms with Crippen molar-refractivity contribution in [3.05, 3.63) is 29.8 Å². The topological polar surface area (TPSA) is 44.8 Å². The van der Waals surface area contributed by atoms with Crippen LogP contribution < -0.4 is 4.74 Å². The predicted octanol–water partition coefficient (Wildman–Crippen LogP) is 2.97. The summed E-state index contributed by atoms with van der Waals surface area (Å²) in [4.78, 5) is 21.2. The van der Waals surface area contributed by atoms with Crippen LogP contribution in [0.15, 0.2) is 24.3 Å². The highest BCUT2D eigenvalue weighted by molar-refractivity contribution is 5.89. The molecule has 0 aliphatic heterocycles. The summed E-state index contributed by atoms with van der Waals surface area (Å²) in [6.07, 6.45) is 2.45. The van der Waals surface area contributed by atoms with Gasteiger partial charge >= 0.3 is 5.97 Å². The van der Waals surface area contributed by atoms with Crippen LogP contribution in [0.1, 0.15) is 37.0 Å². The summed E-state index contributed by atoms with van der Waals surface area (Å²) < 4.78 is 5.49. The summed E-state index contributed by atoms with van der Waals surface area (Å²) in [6.45, 7) is 4.40. The van der Waals surface area contributed by atoms with Gasteiger partial charge in [0.05, 0.1) is 18.3 Å². The van der Waals surface area contributed by atoms with Gasteiger partial charge in [-0.25, -0.2) is 4.79 Å². The average molecular weight is 250 g/mol. The van der Waals surface area contributed by atoms with Gasteiger partial charge in [-0.15, -0.1) is 0 Å². The van der Waals surface area contributed by atoms with Crippen LogP contribution in [0, 0.1) is 5.92 Å². The minimum Gasteiger partial charge on any atom is -0.491 e. The third-order valence-corrected chi connectivity index (χ3v) is 2.60. The maximum atomic E-state index is 11.6. The Balaban J connectivity index is 1.81. The van der Waals surface area contributed by atoms with Crippen molar-refractivity contribution in [2.24, 2.45) is 5.92 Å². The van der Waals surface area contributed by atoms with Gasteiger partial charge < -0.3 is 4.74 Å². The highest BCUT2D eigenvalue weighted by Crippen LogP contribution is 2.28. The quantitative estimate of drug-likeness (QED) is 0.575. The molecular formula is C14H18O4. The van der Waals surface area contributed by atoms with Gasteiger partial charge in [0.15, 0.2) is 0 Å². The molecule has 0 bridgehead atoms. The van der Waals surface area contributed by atoms with Gasteiger partial charge in [-0.3, -0.25) is 4.89 Å². The van der Waals surface area contributed by atoms with E-state index in [1.807, 2.05) is 13.8 Å². The van der Waals surface area contributed by atoms with Crippen molar-refractivity contribution >= 4 is 5.97 Å². The number of hydrogen-bond donors (Lipinski definition) is 0. The second-order valence-electron chi connectivity index (χ2n) is 4.79. The molecule has 98 valence electrons. The highest BCUT2D eigenvalue weighted by Gasteiger charge is 2.22. The average Bonchev–Trinajstić information content (AvgIpc) is 3.13. The molecule has 0 unspecified atom stereocenters. The van der Waals surface area contributed by atoms with E-state index in [0.717, 1.165) is 5.75 Å². The van der Waals surface area contributed by atoms with Gasteiger partial charge in [-0.1, -0.05) is 0 Å². The first kappa shape index (κ1) is 12.9. The summed E-state index contributed by atoms with van der Waals surface area (Å²) in [6, 6.07) is 6.83. The van der Waals surface area contributed by atoms with Crippen LogP contribution in [0.5, 0.6) is 5.75 Å². The van der Waals surface area contributed by atoms with Crippen LogP contribution in [0.3, 0.4) is 0 Å². The molecule has 4 nitrogen and oxygen atoms in total. The molecule has 2 rings (SSSR count). The lowest BCUT2D eigenvalue weighted by Gasteiger charge is -2.09. The molecule has 0 aromatic heterocycles. The fourth-order valence-electron chi connectivity index (χ4n) is 1.46. The molecule has 1 aliphatic carbocycles. The van der Waals surface area contributed by atoms with Gasteiger partial charge in [-0.2, -0.15) is 4.89 Å². The van der Waals surface area contributed by atoms with Gasteiger partial charge in [0.1, 0.15) is 5.75 Å².